The van der Waals surface area contributed by atoms with Gasteiger partial charge in [-0.3, -0.25) is 0 Å². The van der Waals surface area contributed by atoms with E-state index < -0.39 is 0 Å². The van der Waals surface area contributed by atoms with Crippen LogP contribution in [0.5, 0.6) is 0 Å². The Hall–Kier alpha value is -2.45. The molecule has 2 heteroatoms. The first-order valence-corrected chi connectivity index (χ1v) is 8.79. The van der Waals surface area contributed by atoms with Crippen molar-refractivity contribution in [3.05, 3.63) is 95.8 Å². The van der Waals surface area contributed by atoms with Crippen LogP contribution in [0.2, 0.25) is 0 Å². The number of hydrogen-bond acceptors (Lipinski definition) is 1. The fraction of sp³-hybridized carbons (Fsp3) is 0.217. The van der Waals surface area contributed by atoms with Gasteiger partial charge < -0.3 is 5.73 Å². The minimum Gasteiger partial charge on any atom is -0.327 e. The van der Waals surface area contributed by atoms with E-state index in [-0.39, 0.29) is 17.8 Å². The number of nitrogens with two attached hydrogens (primary N) is 1. The summed E-state index contributed by atoms with van der Waals surface area (Å²) in [7, 11) is 0. The largest absolute Gasteiger partial charge is 0.327 e. The molecule has 0 spiro atoms. The van der Waals surface area contributed by atoms with Crippen molar-refractivity contribution in [2.45, 2.75) is 31.7 Å². The number of hydrogen-bond donors (Lipinski definition) is 1. The molecule has 3 aromatic carbocycles. The Morgan fingerprint density at radius 2 is 1.52 bits per heavy atom. The van der Waals surface area contributed by atoms with Crippen LogP contribution in [-0.2, 0) is 6.42 Å². The van der Waals surface area contributed by atoms with Crippen LogP contribution < -0.4 is 5.73 Å². The highest BCUT2D eigenvalue weighted by Gasteiger charge is 2.18. The van der Waals surface area contributed by atoms with Gasteiger partial charge in [-0.2, -0.15) is 0 Å². The quantitative estimate of drug-likeness (QED) is 0.628. The molecule has 0 amide bonds. The summed E-state index contributed by atoms with van der Waals surface area (Å²) in [6.07, 6.45) is 1.85. The summed E-state index contributed by atoms with van der Waals surface area (Å²) in [5, 5.41) is 0. The van der Waals surface area contributed by atoms with Gasteiger partial charge >= 0.3 is 0 Å². The summed E-state index contributed by atoms with van der Waals surface area (Å²) in [6, 6.07) is 25.5. The molecule has 0 unspecified atom stereocenters. The Morgan fingerprint density at radius 3 is 2.12 bits per heavy atom. The van der Waals surface area contributed by atoms with Crippen LogP contribution in [0.15, 0.2) is 78.9 Å². The van der Waals surface area contributed by atoms with E-state index in [0.717, 1.165) is 24.0 Å². The molecule has 25 heavy (non-hydrogen) atoms. The molecule has 0 saturated carbocycles. The average Bonchev–Trinajstić information content (AvgIpc) is 2.63. The molecule has 0 aliphatic heterocycles. The molecule has 3 rings (SSSR count). The van der Waals surface area contributed by atoms with E-state index >= 15 is 0 Å². The smallest absolute Gasteiger partial charge is 0.131 e. The fourth-order valence-corrected chi connectivity index (χ4v) is 3.31. The van der Waals surface area contributed by atoms with Crippen LogP contribution in [0, 0.1) is 5.82 Å². The second-order valence-electron chi connectivity index (χ2n) is 6.60. The molecular formula is C23H24FN. The molecule has 0 fully saturated rings. The van der Waals surface area contributed by atoms with E-state index in [0.29, 0.717) is 5.56 Å². The zero-order valence-corrected chi connectivity index (χ0v) is 14.5. The Bertz CT molecular complexity index is 797. The first-order valence-electron chi connectivity index (χ1n) is 8.79. The van der Waals surface area contributed by atoms with Crippen molar-refractivity contribution in [3.63, 3.8) is 0 Å². The molecule has 0 heterocycles. The third-order valence-corrected chi connectivity index (χ3v) is 4.73. The molecular weight excluding hydrogens is 309 g/mol. The lowest BCUT2D eigenvalue weighted by atomic mass is 9.86. The molecule has 0 aliphatic carbocycles. The zero-order chi connectivity index (χ0) is 17.6. The van der Waals surface area contributed by atoms with Crippen LogP contribution in [0.25, 0.3) is 11.1 Å². The van der Waals surface area contributed by atoms with Gasteiger partial charge in [0.2, 0.25) is 0 Å². The molecule has 1 nitrogen and oxygen atoms in total. The lowest BCUT2D eigenvalue weighted by Gasteiger charge is -2.22. The SMILES string of the molecule is C[C@@H](N)[C@H](CCc1ccccc1)c1ccc(-c2ccccc2)c(F)c1. The van der Waals surface area contributed by atoms with Crippen molar-refractivity contribution < 1.29 is 4.39 Å². The van der Waals surface area contributed by atoms with Crippen LogP contribution in [-0.4, -0.2) is 6.04 Å². The lowest BCUT2D eigenvalue weighted by Crippen LogP contribution is -2.25. The summed E-state index contributed by atoms with van der Waals surface area (Å²) in [6.45, 7) is 2.00. The van der Waals surface area contributed by atoms with Gasteiger partial charge in [-0.15, -0.1) is 0 Å². The maximum Gasteiger partial charge on any atom is 0.131 e. The standard InChI is InChI=1S/C23H24FN/c1-17(25)21(14-12-18-8-4-2-5-9-18)20-13-15-22(23(24)16-20)19-10-6-3-7-11-19/h2-11,13,15-17,21H,12,14,25H2,1H3/t17-,21+/m1/s1. The van der Waals surface area contributed by atoms with Gasteiger partial charge in [0.15, 0.2) is 0 Å². The molecule has 0 bridgehead atoms. The van der Waals surface area contributed by atoms with Crippen LogP contribution >= 0.6 is 0 Å². The Morgan fingerprint density at radius 1 is 0.880 bits per heavy atom. The van der Waals surface area contributed by atoms with E-state index in [1.165, 1.54) is 5.56 Å². The normalized spacial score (nSPS) is 13.4. The van der Waals surface area contributed by atoms with Crippen molar-refractivity contribution in [1.29, 1.82) is 0 Å². The Balaban J connectivity index is 1.81. The Labute approximate surface area is 149 Å². The van der Waals surface area contributed by atoms with Gasteiger partial charge in [-0.05, 0) is 48.4 Å². The van der Waals surface area contributed by atoms with Gasteiger partial charge in [-0.1, -0.05) is 72.8 Å². The number of aryl methyl sites for hydroxylation is 1. The molecule has 0 aromatic heterocycles. The average molecular weight is 333 g/mol. The van der Waals surface area contributed by atoms with Crippen LogP contribution in [0.4, 0.5) is 4.39 Å². The second-order valence-corrected chi connectivity index (χ2v) is 6.60. The Kier molecular flexibility index (Phi) is 5.62. The summed E-state index contributed by atoms with van der Waals surface area (Å²) in [5.74, 6) is -0.0476. The van der Waals surface area contributed by atoms with Crippen LogP contribution in [0.3, 0.4) is 0 Å². The maximum absolute atomic E-state index is 14.7. The summed E-state index contributed by atoms with van der Waals surface area (Å²) in [4.78, 5) is 0. The van der Waals surface area contributed by atoms with Gasteiger partial charge in [0.1, 0.15) is 5.82 Å². The molecule has 0 aliphatic rings. The van der Waals surface area contributed by atoms with Crippen molar-refractivity contribution in [2.75, 3.05) is 0 Å². The minimum atomic E-state index is -0.186. The van der Waals surface area contributed by atoms with Crippen molar-refractivity contribution >= 4 is 0 Å². The topological polar surface area (TPSA) is 26.0 Å². The molecule has 0 saturated heterocycles. The molecule has 3 aromatic rings. The highest BCUT2D eigenvalue weighted by Crippen LogP contribution is 2.29. The highest BCUT2D eigenvalue weighted by atomic mass is 19.1. The van der Waals surface area contributed by atoms with E-state index in [1.807, 2.05) is 67.6 Å². The van der Waals surface area contributed by atoms with Crippen molar-refractivity contribution in [1.82, 2.24) is 0 Å². The van der Waals surface area contributed by atoms with Gasteiger partial charge in [0.25, 0.3) is 0 Å². The molecule has 2 atom stereocenters. The molecule has 128 valence electrons. The van der Waals surface area contributed by atoms with Crippen molar-refractivity contribution in [3.8, 4) is 11.1 Å². The summed E-state index contributed by atoms with van der Waals surface area (Å²) >= 11 is 0. The third kappa shape index (κ3) is 4.34. The highest BCUT2D eigenvalue weighted by molar-refractivity contribution is 5.64. The number of rotatable bonds is 6. The number of halogens is 1. The van der Waals surface area contributed by atoms with Crippen molar-refractivity contribution in [2.24, 2.45) is 5.73 Å². The second kappa shape index (κ2) is 8.09. The van der Waals surface area contributed by atoms with Gasteiger partial charge in [-0.25, -0.2) is 4.39 Å². The monoisotopic (exact) mass is 333 g/mol. The predicted molar refractivity (Wildman–Crippen MR) is 103 cm³/mol. The van der Waals surface area contributed by atoms with Gasteiger partial charge in [0.05, 0.1) is 0 Å². The summed E-state index contributed by atoms with van der Waals surface area (Å²) in [5.41, 5.74) is 10.0. The van der Waals surface area contributed by atoms with E-state index in [4.69, 9.17) is 5.73 Å². The van der Waals surface area contributed by atoms with E-state index in [2.05, 4.69) is 12.1 Å². The fourth-order valence-electron chi connectivity index (χ4n) is 3.31. The minimum absolute atomic E-state index is 0.0225. The molecule has 0 radical (unpaired) electrons. The molecule has 2 N–H and O–H groups in total. The first kappa shape index (κ1) is 17.4. The first-order chi connectivity index (χ1) is 12.1. The third-order valence-electron chi connectivity index (χ3n) is 4.73. The maximum atomic E-state index is 14.7. The van der Waals surface area contributed by atoms with E-state index in [9.17, 15) is 4.39 Å². The van der Waals surface area contributed by atoms with Crippen LogP contribution in [0.1, 0.15) is 30.4 Å². The summed E-state index contributed by atoms with van der Waals surface area (Å²) < 4.78 is 14.7. The zero-order valence-electron chi connectivity index (χ0n) is 14.5. The lowest BCUT2D eigenvalue weighted by molar-refractivity contribution is 0.525. The predicted octanol–water partition coefficient (Wildman–Crippen LogP) is 5.56. The van der Waals surface area contributed by atoms with E-state index in [1.54, 1.807) is 6.07 Å². The number of benzene rings is 3. The van der Waals surface area contributed by atoms with Gasteiger partial charge in [0, 0.05) is 11.6 Å².